The summed E-state index contributed by atoms with van der Waals surface area (Å²) in [7, 11) is 6.26. The number of anilines is 1. The molecular weight excluding hydrogens is 358 g/mol. The van der Waals surface area contributed by atoms with E-state index in [1.807, 2.05) is 12.1 Å². The van der Waals surface area contributed by atoms with Crippen LogP contribution in [0.15, 0.2) is 48.7 Å². The topological polar surface area (TPSA) is 80.8 Å². The number of hydrogen-bond donors (Lipinski definition) is 1. The van der Waals surface area contributed by atoms with Crippen LogP contribution in [-0.4, -0.2) is 50.0 Å². The van der Waals surface area contributed by atoms with Gasteiger partial charge in [0, 0.05) is 36.8 Å². The lowest BCUT2D eigenvalue weighted by molar-refractivity contribution is 0.0826. The second kappa shape index (κ2) is 7.96. The Hall–Kier alpha value is -3.61. The van der Waals surface area contributed by atoms with Crippen LogP contribution in [0.3, 0.4) is 0 Å². The number of benzene rings is 2. The van der Waals surface area contributed by atoms with Crippen LogP contribution in [0.25, 0.3) is 10.9 Å². The van der Waals surface area contributed by atoms with Gasteiger partial charge < -0.3 is 19.7 Å². The Balaban J connectivity index is 1.99. The van der Waals surface area contributed by atoms with E-state index >= 15 is 0 Å². The molecule has 0 atom stereocenters. The van der Waals surface area contributed by atoms with Crippen LogP contribution in [0.4, 0.5) is 5.69 Å². The molecule has 0 radical (unpaired) electrons. The maximum Gasteiger partial charge on any atom is 0.255 e. The molecule has 0 unspecified atom stereocenters. The van der Waals surface area contributed by atoms with E-state index in [4.69, 9.17) is 9.47 Å². The molecule has 3 rings (SSSR count). The maximum absolute atomic E-state index is 12.8. The summed E-state index contributed by atoms with van der Waals surface area (Å²) < 4.78 is 10.7. The van der Waals surface area contributed by atoms with Crippen molar-refractivity contribution in [2.24, 2.45) is 0 Å². The van der Waals surface area contributed by atoms with Gasteiger partial charge in [-0.25, -0.2) is 0 Å². The van der Waals surface area contributed by atoms with Crippen molar-refractivity contribution in [3.05, 3.63) is 59.8 Å². The first-order chi connectivity index (χ1) is 13.4. The van der Waals surface area contributed by atoms with Gasteiger partial charge in [0.05, 0.1) is 25.4 Å². The molecule has 0 saturated carbocycles. The van der Waals surface area contributed by atoms with Gasteiger partial charge in [-0.05, 0) is 36.4 Å². The third-order valence-electron chi connectivity index (χ3n) is 4.25. The van der Waals surface area contributed by atoms with Crippen LogP contribution in [0.1, 0.15) is 20.7 Å². The zero-order chi connectivity index (χ0) is 20.3. The predicted molar refractivity (Wildman–Crippen MR) is 107 cm³/mol. The number of aromatic nitrogens is 1. The standard InChI is InChI=1S/C21H21N3O4/c1-24(2)21(26)15-11-17(19(28-4)18(12-15)27-3)23-20(25)14-7-8-16-13(10-14)6-5-9-22-16/h5-12H,1-4H3,(H,23,25). The molecule has 0 aliphatic carbocycles. The van der Waals surface area contributed by atoms with E-state index in [2.05, 4.69) is 10.3 Å². The molecule has 1 N–H and O–H groups in total. The average Bonchev–Trinajstić information content (AvgIpc) is 2.71. The van der Waals surface area contributed by atoms with Crippen molar-refractivity contribution in [3.8, 4) is 11.5 Å². The summed E-state index contributed by atoms with van der Waals surface area (Å²) >= 11 is 0. The number of carbonyl (C=O) groups is 2. The van der Waals surface area contributed by atoms with Gasteiger partial charge >= 0.3 is 0 Å². The number of nitrogens with zero attached hydrogens (tertiary/aromatic N) is 2. The molecule has 144 valence electrons. The van der Waals surface area contributed by atoms with E-state index in [1.54, 1.807) is 50.6 Å². The van der Waals surface area contributed by atoms with Gasteiger partial charge in [0.2, 0.25) is 0 Å². The molecule has 28 heavy (non-hydrogen) atoms. The summed E-state index contributed by atoms with van der Waals surface area (Å²) in [6.45, 7) is 0. The number of amides is 2. The molecule has 1 heterocycles. The Morgan fingerprint density at radius 2 is 1.79 bits per heavy atom. The highest BCUT2D eigenvalue weighted by molar-refractivity contribution is 6.08. The molecule has 7 heteroatoms. The smallest absolute Gasteiger partial charge is 0.255 e. The lowest BCUT2D eigenvalue weighted by Gasteiger charge is -2.17. The van der Waals surface area contributed by atoms with E-state index in [9.17, 15) is 9.59 Å². The summed E-state index contributed by atoms with van der Waals surface area (Å²) in [4.78, 5) is 30.9. The maximum atomic E-state index is 12.8. The second-order valence-corrected chi connectivity index (χ2v) is 6.32. The molecule has 0 fully saturated rings. The molecule has 1 aromatic heterocycles. The van der Waals surface area contributed by atoms with E-state index < -0.39 is 0 Å². The van der Waals surface area contributed by atoms with Crippen molar-refractivity contribution in [1.82, 2.24) is 9.88 Å². The summed E-state index contributed by atoms with van der Waals surface area (Å²) in [5.74, 6) is 0.149. The number of rotatable bonds is 5. The van der Waals surface area contributed by atoms with E-state index in [1.165, 1.54) is 19.1 Å². The molecule has 0 aliphatic heterocycles. The number of nitrogens with one attached hydrogen (secondary N) is 1. The van der Waals surface area contributed by atoms with Gasteiger partial charge in [-0.2, -0.15) is 0 Å². The van der Waals surface area contributed by atoms with Crippen molar-refractivity contribution in [2.45, 2.75) is 0 Å². The molecule has 0 bridgehead atoms. The lowest BCUT2D eigenvalue weighted by Crippen LogP contribution is -2.22. The van der Waals surface area contributed by atoms with Crippen LogP contribution in [0, 0.1) is 0 Å². The first-order valence-corrected chi connectivity index (χ1v) is 8.58. The van der Waals surface area contributed by atoms with Gasteiger partial charge in [-0.1, -0.05) is 6.07 Å². The minimum atomic E-state index is -0.333. The monoisotopic (exact) mass is 379 g/mol. The molecule has 0 spiro atoms. The Labute approximate surface area is 162 Å². The van der Waals surface area contributed by atoms with Gasteiger partial charge in [-0.3, -0.25) is 14.6 Å². The molecule has 7 nitrogen and oxygen atoms in total. The van der Waals surface area contributed by atoms with Crippen molar-refractivity contribution in [1.29, 1.82) is 0 Å². The van der Waals surface area contributed by atoms with Crippen molar-refractivity contribution < 1.29 is 19.1 Å². The predicted octanol–water partition coefficient (Wildman–Crippen LogP) is 3.21. The van der Waals surface area contributed by atoms with Gasteiger partial charge in [0.15, 0.2) is 11.5 Å². The average molecular weight is 379 g/mol. The zero-order valence-corrected chi connectivity index (χ0v) is 16.1. The molecule has 3 aromatic rings. The largest absolute Gasteiger partial charge is 0.493 e. The number of ether oxygens (including phenoxy) is 2. The fourth-order valence-corrected chi connectivity index (χ4v) is 2.85. The minimum absolute atomic E-state index is 0.215. The van der Waals surface area contributed by atoms with Gasteiger partial charge in [-0.15, -0.1) is 0 Å². The Morgan fingerprint density at radius 3 is 2.46 bits per heavy atom. The first-order valence-electron chi connectivity index (χ1n) is 8.58. The summed E-state index contributed by atoms with van der Waals surface area (Å²) in [6.07, 6.45) is 1.70. The Kier molecular flexibility index (Phi) is 5.44. The highest BCUT2D eigenvalue weighted by Gasteiger charge is 2.19. The van der Waals surface area contributed by atoms with Crippen LogP contribution in [-0.2, 0) is 0 Å². The van der Waals surface area contributed by atoms with Gasteiger partial charge in [0.1, 0.15) is 0 Å². The van der Waals surface area contributed by atoms with E-state index in [0.29, 0.717) is 28.3 Å². The van der Waals surface area contributed by atoms with Crippen LogP contribution in [0.2, 0.25) is 0 Å². The number of fused-ring (bicyclic) bond motifs is 1. The quantitative estimate of drug-likeness (QED) is 0.736. The van der Waals surface area contributed by atoms with Gasteiger partial charge in [0.25, 0.3) is 11.8 Å². The fraction of sp³-hybridized carbons (Fsp3) is 0.190. The highest BCUT2D eigenvalue weighted by atomic mass is 16.5. The summed E-state index contributed by atoms with van der Waals surface area (Å²) in [6, 6.07) is 12.1. The fourth-order valence-electron chi connectivity index (χ4n) is 2.85. The van der Waals surface area contributed by atoms with Crippen LogP contribution < -0.4 is 14.8 Å². The van der Waals surface area contributed by atoms with Crippen molar-refractivity contribution in [2.75, 3.05) is 33.6 Å². The lowest BCUT2D eigenvalue weighted by atomic mass is 10.1. The highest BCUT2D eigenvalue weighted by Crippen LogP contribution is 2.37. The Bertz CT molecular complexity index is 1050. The Morgan fingerprint density at radius 1 is 1.00 bits per heavy atom. The number of methoxy groups -OCH3 is 2. The van der Waals surface area contributed by atoms with Crippen molar-refractivity contribution >= 4 is 28.4 Å². The third-order valence-corrected chi connectivity index (χ3v) is 4.25. The van der Waals surface area contributed by atoms with Crippen LogP contribution >= 0.6 is 0 Å². The number of carbonyl (C=O) groups excluding carboxylic acids is 2. The molecule has 0 saturated heterocycles. The number of hydrogen-bond acceptors (Lipinski definition) is 5. The second-order valence-electron chi connectivity index (χ2n) is 6.32. The van der Waals surface area contributed by atoms with E-state index in [-0.39, 0.29) is 11.8 Å². The molecular formula is C21H21N3O4. The van der Waals surface area contributed by atoms with Crippen molar-refractivity contribution in [3.63, 3.8) is 0 Å². The normalized spacial score (nSPS) is 10.4. The summed E-state index contributed by atoms with van der Waals surface area (Å²) in [5.41, 5.74) is 1.99. The summed E-state index contributed by atoms with van der Waals surface area (Å²) in [5, 5.41) is 3.67. The third kappa shape index (κ3) is 3.73. The van der Waals surface area contributed by atoms with E-state index in [0.717, 1.165) is 10.9 Å². The number of pyridine rings is 1. The molecule has 0 aliphatic rings. The molecule has 2 amide bonds. The minimum Gasteiger partial charge on any atom is -0.493 e. The SMILES string of the molecule is COc1cc(C(=O)N(C)C)cc(NC(=O)c2ccc3ncccc3c2)c1OC. The zero-order valence-electron chi connectivity index (χ0n) is 16.1. The first kappa shape index (κ1) is 19.2. The molecule has 2 aromatic carbocycles. The van der Waals surface area contributed by atoms with Crippen LogP contribution in [0.5, 0.6) is 11.5 Å².